The van der Waals surface area contributed by atoms with Crippen molar-refractivity contribution in [1.82, 2.24) is 9.88 Å². The molecule has 118 valence electrons. The lowest BCUT2D eigenvalue weighted by Gasteiger charge is -2.18. The molecular formula is C19H15N3O2. The molecule has 3 aromatic rings. The van der Waals surface area contributed by atoms with Gasteiger partial charge in [0.2, 0.25) is 0 Å². The van der Waals surface area contributed by atoms with Crippen molar-refractivity contribution < 1.29 is 9.59 Å². The van der Waals surface area contributed by atoms with Gasteiger partial charge in [-0.25, -0.2) is 9.69 Å². The number of hydrogen-bond donors (Lipinski definition) is 0. The highest BCUT2D eigenvalue weighted by Gasteiger charge is 2.37. The third-order valence-electron chi connectivity index (χ3n) is 4.14. The summed E-state index contributed by atoms with van der Waals surface area (Å²) in [5.74, 6) is -0.228. The summed E-state index contributed by atoms with van der Waals surface area (Å²) in [7, 11) is 0. The fourth-order valence-corrected chi connectivity index (χ4v) is 2.99. The summed E-state index contributed by atoms with van der Waals surface area (Å²) in [5, 5.41) is 1.74. The van der Waals surface area contributed by atoms with Crippen molar-refractivity contribution in [3.63, 3.8) is 0 Å². The van der Waals surface area contributed by atoms with Gasteiger partial charge in [0.05, 0.1) is 11.9 Å². The van der Waals surface area contributed by atoms with E-state index in [4.69, 9.17) is 0 Å². The fraction of sp³-hybridized carbons (Fsp3) is 0.105. The molecule has 1 fully saturated rings. The van der Waals surface area contributed by atoms with E-state index in [-0.39, 0.29) is 18.5 Å². The zero-order valence-corrected chi connectivity index (χ0v) is 12.9. The van der Waals surface area contributed by atoms with Crippen LogP contribution in [0, 0.1) is 0 Å². The molecule has 1 aliphatic heterocycles. The molecule has 0 saturated carbocycles. The van der Waals surface area contributed by atoms with Crippen molar-refractivity contribution >= 4 is 28.4 Å². The Morgan fingerprint density at radius 3 is 2.50 bits per heavy atom. The van der Waals surface area contributed by atoms with Gasteiger partial charge in [0.15, 0.2) is 0 Å². The highest BCUT2D eigenvalue weighted by atomic mass is 16.2. The number of rotatable bonds is 3. The molecule has 1 aliphatic rings. The number of urea groups is 1. The molecule has 1 saturated heterocycles. The first-order chi connectivity index (χ1) is 11.7. The van der Waals surface area contributed by atoms with E-state index in [0.29, 0.717) is 12.2 Å². The average Bonchev–Trinajstić information content (AvgIpc) is 2.89. The lowest BCUT2D eigenvalue weighted by Crippen LogP contribution is -2.33. The summed E-state index contributed by atoms with van der Waals surface area (Å²) >= 11 is 0. The molecule has 2 heterocycles. The quantitative estimate of drug-likeness (QED) is 0.697. The minimum Gasteiger partial charge on any atom is -0.310 e. The number of pyridine rings is 1. The van der Waals surface area contributed by atoms with E-state index in [1.54, 1.807) is 17.3 Å². The Morgan fingerprint density at radius 2 is 1.67 bits per heavy atom. The lowest BCUT2D eigenvalue weighted by molar-refractivity contribution is -0.116. The largest absolute Gasteiger partial charge is 0.332 e. The van der Waals surface area contributed by atoms with Crippen molar-refractivity contribution in [2.75, 3.05) is 11.4 Å². The molecule has 3 amide bonds. The number of nitrogens with zero attached hydrogens (tertiary/aromatic N) is 3. The second kappa shape index (κ2) is 5.77. The van der Waals surface area contributed by atoms with E-state index >= 15 is 0 Å². The van der Waals surface area contributed by atoms with Crippen LogP contribution in [0.1, 0.15) is 5.56 Å². The van der Waals surface area contributed by atoms with Gasteiger partial charge in [-0.3, -0.25) is 9.78 Å². The summed E-state index contributed by atoms with van der Waals surface area (Å²) < 4.78 is 0. The van der Waals surface area contributed by atoms with Crippen LogP contribution in [0.15, 0.2) is 67.0 Å². The van der Waals surface area contributed by atoms with Crippen molar-refractivity contribution in [2.24, 2.45) is 0 Å². The fourth-order valence-electron chi connectivity index (χ4n) is 2.99. The predicted octanol–water partition coefficient (Wildman–Crippen LogP) is 3.20. The van der Waals surface area contributed by atoms with Gasteiger partial charge in [0, 0.05) is 23.5 Å². The van der Waals surface area contributed by atoms with Crippen molar-refractivity contribution in [2.45, 2.75) is 6.54 Å². The van der Waals surface area contributed by atoms with Gasteiger partial charge in [-0.05, 0) is 5.56 Å². The zero-order valence-electron chi connectivity index (χ0n) is 12.9. The molecule has 0 N–H and O–H groups in total. The molecule has 1 aromatic heterocycles. The minimum absolute atomic E-state index is 0.0803. The summed E-state index contributed by atoms with van der Waals surface area (Å²) in [6.07, 6.45) is 3.30. The zero-order chi connectivity index (χ0) is 16.5. The molecule has 5 heteroatoms. The van der Waals surface area contributed by atoms with Crippen LogP contribution in [0.25, 0.3) is 10.8 Å². The van der Waals surface area contributed by atoms with E-state index < -0.39 is 0 Å². The molecular weight excluding hydrogens is 302 g/mol. The third kappa shape index (κ3) is 2.40. The van der Waals surface area contributed by atoms with Crippen LogP contribution in [0.5, 0.6) is 0 Å². The Kier molecular flexibility index (Phi) is 3.46. The van der Waals surface area contributed by atoms with Gasteiger partial charge in [-0.1, -0.05) is 54.6 Å². The first-order valence-corrected chi connectivity index (χ1v) is 7.72. The van der Waals surface area contributed by atoms with Crippen LogP contribution in [0.3, 0.4) is 0 Å². The SMILES string of the molecule is O=C1CN(Cc2ccccc2)C(=O)N1c1cncc2ccccc12. The molecule has 0 spiro atoms. The smallest absolute Gasteiger partial charge is 0.310 e. The first-order valence-electron chi connectivity index (χ1n) is 7.72. The Labute approximate surface area is 139 Å². The molecule has 0 aliphatic carbocycles. The lowest BCUT2D eigenvalue weighted by atomic mass is 10.1. The van der Waals surface area contributed by atoms with Crippen LogP contribution in [-0.2, 0) is 11.3 Å². The molecule has 24 heavy (non-hydrogen) atoms. The standard InChI is InChI=1S/C19H15N3O2/c23-18-13-21(12-14-6-2-1-3-7-14)19(24)22(18)17-11-20-10-15-8-4-5-9-16(15)17/h1-11H,12-13H2. The monoisotopic (exact) mass is 317 g/mol. The van der Waals surface area contributed by atoms with E-state index in [2.05, 4.69) is 4.98 Å². The van der Waals surface area contributed by atoms with Gasteiger partial charge in [0.25, 0.3) is 5.91 Å². The van der Waals surface area contributed by atoms with Crippen LogP contribution in [0.2, 0.25) is 0 Å². The number of amides is 3. The van der Waals surface area contributed by atoms with Gasteiger partial charge in [-0.2, -0.15) is 0 Å². The van der Waals surface area contributed by atoms with Gasteiger partial charge in [0.1, 0.15) is 6.54 Å². The number of benzene rings is 2. The molecule has 0 unspecified atom stereocenters. The Bertz CT molecular complexity index is 919. The highest BCUT2D eigenvalue weighted by Crippen LogP contribution is 2.29. The predicted molar refractivity (Wildman–Crippen MR) is 91.5 cm³/mol. The van der Waals surface area contributed by atoms with E-state index in [1.165, 1.54) is 4.90 Å². The number of fused-ring (bicyclic) bond motifs is 1. The maximum absolute atomic E-state index is 12.8. The summed E-state index contributed by atoms with van der Waals surface area (Å²) in [4.78, 5) is 32.2. The number of aromatic nitrogens is 1. The number of anilines is 1. The second-order valence-electron chi connectivity index (χ2n) is 5.73. The van der Waals surface area contributed by atoms with Gasteiger partial charge < -0.3 is 4.90 Å². The summed E-state index contributed by atoms with van der Waals surface area (Å²) in [6, 6.07) is 17.0. The van der Waals surface area contributed by atoms with Crippen molar-refractivity contribution in [3.8, 4) is 0 Å². The number of hydrogen-bond acceptors (Lipinski definition) is 3. The summed E-state index contributed by atoms with van der Waals surface area (Å²) in [6.45, 7) is 0.497. The van der Waals surface area contributed by atoms with Crippen molar-refractivity contribution in [3.05, 3.63) is 72.6 Å². The van der Waals surface area contributed by atoms with Gasteiger partial charge >= 0.3 is 6.03 Å². The number of carbonyl (C=O) groups excluding carboxylic acids is 2. The highest BCUT2D eigenvalue weighted by molar-refractivity contribution is 6.22. The van der Waals surface area contributed by atoms with E-state index in [9.17, 15) is 9.59 Å². The third-order valence-corrected chi connectivity index (χ3v) is 4.14. The normalized spacial score (nSPS) is 14.7. The maximum atomic E-state index is 12.8. The number of imide groups is 1. The average molecular weight is 317 g/mol. The summed E-state index contributed by atoms with van der Waals surface area (Å²) in [5.41, 5.74) is 1.54. The Balaban J connectivity index is 1.68. The number of carbonyl (C=O) groups is 2. The molecule has 5 nitrogen and oxygen atoms in total. The Morgan fingerprint density at radius 1 is 0.917 bits per heavy atom. The molecule has 4 rings (SSSR count). The molecule has 0 radical (unpaired) electrons. The molecule has 2 aromatic carbocycles. The topological polar surface area (TPSA) is 53.5 Å². The van der Waals surface area contributed by atoms with Crippen molar-refractivity contribution in [1.29, 1.82) is 0 Å². The van der Waals surface area contributed by atoms with Gasteiger partial charge in [-0.15, -0.1) is 0 Å². The van der Waals surface area contributed by atoms with Crippen LogP contribution < -0.4 is 4.90 Å². The second-order valence-corrected chi connectivity index (χ2v) is 5.73. The van der Waals surface area contributed by atoms with Crippen LogP contribution >= 0.6 is 0 Å². The van der Waals surface area contributed by atoms with E-state index in [0.717, 1.165) is 16.3 Å². The maximum Gasteiger partial charge on any atom is 0.332 e. The molecule has 0 bridgehead atoms. The molecule has 0 atom stereocenters. The van der Waals surface area contributed by atoms with Crippen LogP contribution in [0.4, 0.5) is 10.5 Å². The Hall–Kier alpha value is -3.21. The van der Waals surface area contributed by atoms with E-state index in [1.807, 2.05) is 54.6 Å². The van der Waals surface area contributed by atoms with Crippen LogP contribution in [-0.4, -0.2) is 28.4 Å². The minimum atomic E-state index is -0.304. The first kappa shape index (κ1) is 14.4.